The lowest BCUT2D eigenvalue weighted by Crippen LogP contribution is -2.49. The number of hydrogen-bond acceptors (Lipinski definition) is 3. The Morgan fingerprint density at radius 2 is 2.12 bits per heavy atom. The minimum absolute atomic E-state index is 0.116. The summed E-state index contributed by atoms with van der Waals surface area (Å²) >= 11 is 0. The maximum atomic E-state index is 5.92. The van der Waals surface area contributed by atoms with Crippen molar-refractivity contribution < 1.29 is 0 Å². The molecule has 0 spiro atoms. The van der Waals surface area contributed by atoms with Crippen molar-refractivity contribution in [3.63, 3.8) is 0 Å². The lowest BCUT2D eigenvalue weighted by Gasteiger charge is -2.35. The molecule has 0 bridgehead atoms. The molecule has 0 aromatic carbocycles. The molecule has 1 aliphatic heterocycles. The number of guanidine groups is 1. The van der Waals surface area contributed by atoms with Gasteiger partial charge in [-0.2, -0.15) is 0 Å². The van der Waals surface area contributed by atoms with Gasteiger partial charge in [0.2, 0.25) is 0 Å². The Morgan fingerprint density at radius 1 is 1.41 bits per heavy atom. The zero-order valence-corrected chi connectivity index (χ0v) is 11.4. The summed E-state index contributed by atoms with van der Waals surface area (Å²) in [6.45, 7) is 9.95. The van der Waals surface area contributed by atoms with Crippen LogP contribution in [0, 0.1) is 0 Å². The molecule has 0 radical (unpaired) electrons. The van der Waals surface area contributed by atoms with E-state index in [9.17, 15) is 0 Å². The molecule has 1 aliphatic rings. The smallest absolute Gasteiger partial charge is 0.192 e. The quantitative estimate of drug-likeness (QED) is 0.521. The van der Waals surface area contributed by atoms with Crippen LogP contribution in [0.15, 0.2) is 17.6 Å². The van der Waals surface area contributed by atoms with Gasteiger partial charge < -0.3 is 10.6 Å². The van der Waals surface area contributed by atoms with Crippen LogP contribution in [-0.4, -0.2) is 29.5 Å². The summed E-state index contributed by atoms with van der Waals surface area (Å²) < 4.78 is 0. The summed E-state index contributed by atoms with van der Waals surface area (Å²) in [5, 5.41) is 0. The van der Waals surface area contributed by atoms with Gasteiger partial charge in [-0.1, -0.05) is 45.1 Å². The van der Waals surface area contributed by atoms with E-state index in [0.29, 0.717) is 5.96 Å². The van der Waals surface area contributed by atoms with E-state index >= 15 is 0 Å². The molecular weight excluding hydrogens is 210 g/mol. The Kier molecular flexibility index (Phi) is 5.52. The van der Waals surface area contributed by atoms with E-state index in [1.54, 1.807) is 0 Å². The van der Waals surface area contributed by atoms with Crippen LogP contribution in [0.4, 0.5) is 0 Å². The van der Waals surface area contributed by atoms with E-state index in [-0.39, 0.29) is 5.54 Å². The number of nitrogens with two attached hydrogens (primary N) is 1. The fraction of sp³-hybridized carbons (Fsp3) is 0.786. The topological polar surface area (TPSA) is 41.6 Å². The van der Waals surface area contributed by atoms with Crippen molar-refractivity contribution >= 4 is 5.96 Å². The standard InChI is InChI=1S/C14H27N3/c1-4-6-7-8-9-10-14(3)12-16-13(15)17(14)11-5-2/h5H,2,4,6-12H2,1,3H3,(H2,15,16). The molecule has 17 heavy (non-hydrogen) atoms. The van der Waals surface area contributed by atoms with Crippen LogP contribution in [-0.2, 0) is 0 Å². The number of unbranched alkanes of at least 4 members (excludes halogenated alkanes) is 4. The molecule has 3 heteroatoms. The molecule has 1 heterocycles. The summed E-state index contributed by atoms with van der Waals surface area (Å²) in [5.41, 5.74) is 6.04. The van der Waals surface area contributed by atoms with Gasteiger partial charge in [-0.3, -0.25) is 4.99 Å². The van der Waals surface area contributed by atoms with Crippen molar-refractivity contribution in [2.75, 3.05) is 13.1 Å². The zero-order chi connectivity index (χ0) is 12.7. The monoisotopic (exact) mass is 237 g/mol. The summed E-state index contributed by atoms with van der Waals surface area (Å²) in [6.07, 6.45) is 9.68. The molecule has 1 rings (SSSR count). The van der Waals surface area contributed by atoms with Crippen molar-refractivity contribution in [2.24, 2.45) is 10.7 Å². The second-order valence-corrected chi connectivity index (χ2v) is 5.23. The highest BCUT2D eigenvalue weighted by Gasteiger charge is 2.36. The predicted octanol–water partition coefficient (Wildman–Crippen LogP) is 2.92. The fourth-order valence-electron chi connectivity index (χ4n) is 2.46. The first-order valence-corrected chi connectivity index (χ1v) is 6.82. The Balaban J connectivity index is 2.37. The van der Waals surface area contributed by atoms with Crippen LogP contribution < -0.4 is 5.73 Å². The average Bonchev–Trinajstić information content (AvgIpc) is 2.58. The molecule has 1 atom stereocenters. The van der Waals surface area contributed by atoms with Crippen LogP contribution in [0.3, 0.4) is 0 Å². The van der Waals surface area contributed by atoms with Crippen LogP contribution >= 0.6 is 0 Å². The number of rotatable bonds is 8. The molecule has 0 aromatic heterocycles. The van der Waals surface area contributed by atoms with E-state index in [1.165, 1.54) is 38.5 Å². The van der Waals surface area contributed by atoms with Crippen molar-refractivity contribution in [1.29, 1.82) is 0 Å². The summed E-state index contributed by atoms with van der Waals surface area (Å²) in [6, 6.07) is 0. The van der Waals surface area contributed by atoms with E-state index in [4.69, 9.17) is 5.73 Å². The third-order valence-electron chi connectivity index (χ3n) is 3.64. The van der Waals surface area contributed by atoms with Gasteiger partial charge >= 0.3 is 0 Å². The number of nitrogens with zero attached hydrogens (tertiary/aromatic N) is 2. The molecule has 0 saturated carbocycles. The zero-order valence-electron chi connectivity index (χ0n) is 11.4. The van der Waals surface area contributed by atoms with Crippen molar-refractivity contribution in [3.05, 3.63) is 12.7 Å². The maximum Gasteiger partial charge on any atom is 0.192 e. The lowest BCUT2D eigenvalue weighted by atomic mass is 9.93. The molecule has 1 unspecified atom stereocenters. The molecule has 0 fully saturated rings. The van der Waals surface area contributed by atoms with Gasteiger partial charge in [-0.15, -0.1) is 6.58 Å². The first kappa shape index (κ1) is 14.1. The van der Waals surface area contributed by atoms with Crippen molar-refractivity contribution in [3.8, 4) is 0 Å². The summed E-state index contributed by atoms with van der Waals surface area (Å²) in [4.78, 5) is 6.57. The minimum atomic E-state index is 0.116. The van der Waals surface area contributed by atoms with Crippen LogP contribution in [0.25, 0.3) is 0 Å². The highest BCUT2D eigenvalue weighted by atomic mass is 15.3. The highest BCUT2D eigenvalue weighted by Crippen LogP contribution is 2.27. The Morgan fingerprint density at radius 3 is 2.76 bits per heavy atom. The van der Waals surface area contributed by atoms with Gasteiger partial charge in [0, 0.05) is 6.54 Å². The van der Waals surface area contributed by atoms with Gasteiger partial charge in [0.05, 0.1) is 12.1 Å². The summed E-state index contributed by atoms with van der Waals surface area (Å²) in [7, 11) is 0. The molecule has 98 valence electrons. The van der Waals surface area contributed by atoms with E-state index in [2.05, 4.69) is 30.3 Å². The first-order chi connectivity index (χ1) is 8.14. The number of aliphatic imine (C=N–C) groups is 1. The van der Waals surface area contributed by atoms with Crippen molar-refractivity contribution in [2.45, 2.75) is 57.9 Å². The molecule has 3 nitrogen and oxygen atoms in total. The average molecular weight is 237 g/mol. The molecule has 2 N–H and O–H groups in total. The minimum Gasteiger partial charge on any atom is -0.370 e. The second-order valence-electron chi connectivity index (χ2n) is 5.23. The van der Waals surface area contributed by atoms with Crippen LogP contribution in [0.2, 0.25) is 0 Å². The van der Waals surface area contributed by atoms with E-state index in [1.807, 2.05) is 6.08 Å². The maximum absolute atomic E-state index is 5.92. The number of hydrogen-bond donors (Lipinski definition) is 1. The van der Waals surface area contributed by atoms with Gasteiger partial charge in [-0.25, -0.2) is 0 Å². The van der Waals surface area contributed by atoms with Crippen LogP contribution in [0.1, 0.15) is 52.4 Å². The Bertz CT molecular complexity index is 273. The normalized spacial score (nSPS) is 23.9. The molecule has 0 amide bonds. The molecular formula is C14H27N3. The fourth-order valence-corrected chi connectivity index (χ4v) is 2.46. The molecule has 0 aliphatic carbocycles. The lowest BCUT2D eigenvalue weighted by molar-refractivity contribution is 0.218. The van der Waals surface area contributed by atoms with E-state index < -0.39 is 0 Å². The third-order valence-corrected chi connectivity index (χ3v) is 3.64. The summed E-state index contributed by atoms with van der Waals surface area (Å²) in [5.74, 6) is 0.681. The first-order valence-electron chi connectivity index (χ1n) is 6.82. The molecule has 0 saturated heterocycles. The van der Waals surface area contributed by atoms with Crippen molar-refractivity contribution in [1.82, 2.24) is 4.90 Å². The highest BCUT2D eigenvalue weighted by molar-refractivity contribution is 5.81. The molecule has 0 aromatic rings. The SMILES string of the molecule is C=CCN1C(N)=NCC1(C)CCCCCCC. The second kappa shape index (κ2) is 6.67. The predicted molar refractivity (Wildman–Crippen MR) is 75.2 cm³/mol. The van der Waals surface area contributed by atoms with Crippen LogP contribution in [0.5, 0.6) is 0 Å². The Hall–Kier alpha value is -0.990. The largest absolute Gasteiger partial charge is 0.370 e. The van der Waals surface area contributed by atoms with Gasteiger partial charge in [-0.05, 0) is 13.3 Å². The van der Waals surface area contributed by atoms with E-state index in [0.717, 1.165) is 13.1 Å². The van der Waals surface area contributed by atoms with Gasteiger partial charge in [0.1, 0.15) is 0 Å². The van der Waals surface area contributed by atoms with Gasteiger partial charge in [0.15, 0.2) is 5.96 Å². The Labute approximate surface area is 106 Å². The van der Waals surface area contributed by atoms with Gasteiger partial charge in [0.25, 0.3) is 0 Å². The third kappa shape index (κ3) is 3.76.